The highest BCUT2D eigenvalue weighted by Crippen LogP contribution is 2.36. The number of aromatic nitrogens is 1. The molecule has 0 fully saturated rings. The number of hydrogen-bond acceptors (Lipinski definition) is 5. The summed E-state index contributed by atoms with van der Waals surface area (Å²) >= 11 is 0. The number of para-hydroxylation sites is 1. The van der Waals surface area contributed by atoms with E-state index >= 15 is 0 Å². The van der Waals surface area contributed by atoms with Crippen LogP contribution in [0.4, 0.5) is 11.4 Å². The van der Waals surface area contributed by atoms with E-state index in [0.717, 1.165) is 45.2 Å². The monoisotopic (exact) mass is 324 g/mol. The smallest absolute Gasteiger partial charge is 0.163 e. The Kier molecular flexibility index (Phi) is 3.61. The van der Waals surface area contributed by atoms with Crippen molar-refractivity contribution in [1.82, 2.24) is 4.98 Å². The van der Waals surface area contributed by atoms with Crippen LogP contribution in [0.3, 0.4) is 0 Å². The number of nitrogens with zero attached hydrogens (tertiary/aromatic N) is 1. The standard InChI is InChI=1S/C19H18N2O3.H2/c1-12-10-15(14-4-3-5-17(22-2)19(14)20-12)21-13-6-7-16-18(11-13)24-9-8-23-16;/h3-7,10-11H,8-9H2,1-2H3,(H,20,21);1H. The van der Waals surface area contributed by atoms with Crippen molar-refractivity contribution in [1.29, 1.82) is 0 Å². The summed E-state index contributed by atoms with van der Waals surface area (Å²) in [4.78, 5) is 4.61. The second-order valence-corrected chi connectivity index (χ2v) is 5.65. The minimum Gasteiger partial charge on any atom is -0.494 e. The van der Waals surface area contributed by atoms with Gasteiger partial charge < -0.3 is 19.5 Å². The van der Waals surface area contributed by atoms with Crippen LogP contribution in [-0.2, 0) is 0 Å². The van der Waals surface area contributed by atoms with Crippen LogP contribution in [0.1, 0.15) is 7.12 Å². The maximum Gasteiger partial charge on any atom is 0.163 e. The zero-order chi connectivity index (χ0) is 16.5. The lowest BCUT2D eigenvalue weighted by atomic mass is 10.1. The minimum atomic E-state index is 0. The molecule has 24 heavy (non-hydrogen) atoms. The molecule has 0 aliphatic carbocycles. The molecule has 2 heterocycles. The highest BCUT2D eigenvalue weighted by Gasteiger charge is 2.13. The van der Waals surface area contributed by atoms with E-state index in [0.29, 0.717) is 13.2 Å². The van der Waals surface area contributed by atoms with Crippen molar-refractivity contribution in [2.45, 2.75) is 6.92 Å². The Morgan fingerprint density at radius 3 is 2.75 bits per heavy atom. The molecule has 5 heteroatoms. The summed E-state index contributed by atoms with van der Waals surface area (Å²) in [6.07, 6.45) is 0. The van der Waals surface area contributed by atoms with E-state index in [2.05, 4.69) is 10.3 Å². The largest absolute Gasteiger partial charge is 0.494 e. The second-order valence-electron chi connectivity index (χ2n) is 5.65. The highest BCUT2D eigenvalue weighted by atomic mass is 16.6. The van der Waals surface area contributed by atoms with Crippen LogP contribution in [0.15, 0.2) is 42.5 Å². The predicted molar refractivity (Wildman–Crippen MR) is 95.9 cm³/mol. The molecule has 1 aliphatic heterocycles. The summed E-state index contributed by atoms with van der Waals surface area (Å²) in [6, 6.07) is 13.8. The molecule has 2 aromatic carbocycles. The number of fused-ring (bicyclic) bond motifs is 2. The molecule has 0 spiro atoms. The van der Waals surface area contributed by atoms with Gasteiger partial charge >= 0.3 is 0 Å². The Balaban J connectivity index is 0.00000182. The number of rotatable bonds is 3. The number of nitrogens with one attached hydrogen (secondary N) is 1. The molecule has 0 radical (unpaired) electrons. The number of methoxy groups -OCH3 is 1. The van der Waals surface area contributed by atoms with Crippen LogP contribution in [-0.4, -0.2) is 25.3 Å². The molecule has 1 aromatic heterocycles. The van der Waals surface area contributed by atoms with Gasteiger partial charge in [-0.3, -0.25) is 0 Å². The van der Waals surface area contributed by atoms with Gasteiger partial charge in [0.2, 0.25) is 0 Å². The van der Waals surface area contributed by atoms with Crippen molar-refractivity contribution in [2.24, 2.45) is 0 Å². The lowest BCUT2D eigenvalue weighted by Crippen LogP contribution is -2.15. The van der Waals surface area contributed by atoms with E-state index in [4.69, 9.17) is 14.2 Å². The fourth-order valence-corrected chi connectivity index (χ4v) is 2.90. The third-order valence-corrected chi connectivity index (χ3v) is 3.97. The van der Waals surface area contributed by atoms with E-state index in [1.54, 1.807) is 7.11 Å². The van der Waals surface area contributed by atoms with Gasteiger partial charge in [-0.1, -0.05) is 12.1 Å². The average Bonchev–Trinajstić information content (AvgIpc) is 2.61. The van der Waals surface area contributed by atoms with Gasteiger partial charge in [0.05, 0.1) is 7.11 Å². The van der Waals surface area contributed by atoms with Crippen LogP contribution in [0.2, 0.25) is 0 Å². The van der Waals surface area contributed by atoms with Crippen LogP contribution >= 0.6 is 0 Å². The summed E-state index contributed by atoms with van der Waals surface area (Å²) < 4.78 is 16.7. The van der Waals surface area contributed by atoms with Gasteiger partial charge in [-0.2, -0.15) is 0 Å². The van der Waals surface area contributed by atoms with E-state index in [1.165, 1.54) is 0 Å². The van der Waals surface area contributed by atoms with Gasteiger partial charge in [0.25, 0.3) is 0 Å². The molecule has 5 nitrogen and oxygen atoms in total. The molecule has 0 unspecified atom stereocenters. The minimum absolute atomic E-state index is 0. The van der Waals surface area contributed by atoms with E-state index < -0.39 is 0 Å². The summed E-state index contributed by atoms with van der Waals surface area (Å²) in [5, 5.41) is 4.47. The number of hydrogen-bond donors (Lipinski definition) is 1. The quantitative estimate of drug-likeness (QED) is 0.778. The van der Waals surface area contributed by atoms with Gasteiger partial charge in [0.1, 0.15) is 24.5 Å². The van der Waals surface area contributed by atoms with Gasteiger partial charge in [0.15, 0.2) is 11.5 Å². The molecule has 124 valence electrons. The molecule has 3 aromatic rings. The molecular weight excluding hydrogens is 304 g/mol. The first-order chi connectivity index (χ1) is 11.7. The fraction of sp³-hybridized carbons (Fsp3) is 0.211. The molecule has 0 bridgehead atoms. The van der Waals surface area contributed by atoms with Gasteiger partial charge in [-0.05, 0) is 31.2 Å². The Hall–Kier alpha value is -2.95. The number of ether oxygens (including phenoxy) is 3. The Labute approximate surface area is 141 Å². The van der Waals surface area contributed by atoms with Crippen molar-refractivity contribution < 1.29 is 15.6 Å². The zero-order valence-corrected chi connectivity index (χ0v) is 13.6. The third-order valence-electron chi connectivity index (χ3n) is 3.97. The second kappa shape index (κ2) is 5.92. The Morgan fingerprint density at radius 1 is 1.08 bits per heavy atom. The molecule has 0 saturated heterocycles. The molecule has 1 aliphatic rings. The number of anilines is 2. The third kappa shape index (κ3) is 2.58. The Bertz CT molecular complexity index is 915. The maximum absolute atomic E-state index is 5.65. The first kappa shape index (κ1) is 14.6. The van der Waals surface area contributed by atoms with Crippen LogP contribution < -0.4 is 19.5 Å². The number of benzene rings is 2. The van der Waals surface area contributed by atoms with Crippen molar-refractivity contribution in [3.05, 3.63) is 48.2 Å². The first-order valence-corrected chi connectivity index (χ1v) is 7.85. The molecule has 0 saturated carbocycles. The van der Waals surface area contributed by atoms with E-state index in [9.17, 15) is 0 Å². The molecule has 0 atom stereocenters. The fourth-order valence-electron chi connectivity index (χ4n) is 2.90. The molecule has 0 amide bonds. The summed E-state index contributed by atoms with van der Waals surface area (Å²) in [6.45, 7) is 3.14. The molecular formula is C19H20N2O3. The first-order valence-electron chi connectivity index (χ1n) is 7.85. The SMILES string of the molecule is COc1cccc2c(Nc3ccc4c(c3)OCCO4)cc(C)nc12.[HH]. The van der Waals surface area contributed by atoms with Crippen LogP contribution in [0.5, 0.6) is 17.2 Å². The van der Waals surface area contributed by atoms with Gasteiger partial charge in [0, 0.05) is 29.9 Å². The van der Waals surface area contributed by atoms with Crippen molar-refractivity contribution in [3.63, 3.8) is 0 Å². The maximum atomic E-state index is 5.65. The zero-order valence-electron chi connectivity index (χ0n) is 13.6. The van der Waals surface area contributed by atoms with Crippen LogP contribution in [0, 0.1) is 6.92 Å². The van der Waals surface area contributed by atoms with E-state index in [1.807, 2.05) is 49.4 Å². The molecule has 1 N–H and O–H groups in total. The Morgan fingerprint density at radius 2 is 1.92 bits per heavy atom. The van der Waals surface area contributed by atoms with Crippen molar-refractivity contribution >= 4 is 22.3 Å². The summed E-state index contributed by atoms with van der Waals surface area (Å²) in [5.41, 5.74) is 3.69. The lowest BCUT2D eigenvalue weighted by Gasteiger charge is -2.19. The number of pyridine rings is 1. The van der Waals surface area contributed by atoms with Gasteiger partial charge in [-0.15, -0.1) is 0 Å². The topological polar surface area (TPSA) is 52.6 Å². The predicted octanol–water partition coefficient (Wildman–Crippen LogP) is 4.31. The molecule has 4 rings (SSSR count). The van der Waals surface area contributed by atoms with Crippen LogP contribution in [0.25, 0.3) is 10.9 Å². The van der Waals surface area contributed by atoms with E-state index in [-0.39, 0.29) is 1.43 Å². The van der Waals surface area contributed by atoms with Crippen molar-refractivity contribution in [3.8, 4) is 17.2 Å². The summed E-state index contributed by atoms with van der Waals surface area (Å²) in [5.74, 6) is 2.31. The summed E-state index contributed by atoms with van der Waals surface area (Å²) in [7, 11) is 1.66. The normalized spacial score (nSPS) is 12.9. The van der Waals surface area contributed by atoms with Gasteiger partial charge in [-0.25, -0.2) is 4.98 Å². The highest BCUT2D eigenvalue weighted by molar-refractivity contribution is 5.96. The van der Waals surface area contributed by atoms with Crippen molar-refractivity contribution in [2.75, 3.05) is 25.6 Å². The lowest BCUT2D eigenvalue weighted by molar-refractivity contribution is 0.171. The number of aryl methyl sites for hydroxylation is 1. The average molecular weight is 324 g/mol.